The molecule has 0 aliphatic heterocycles. The van der Waals surface area contributed by atoms with Crippen LogP contribution in [0.5, 0.6) is 0 Å². The Kier molecular flexibility index (Phi) is 9.10. The van der Waals surface area contributed by atoms with E-state index in [4.69, 9.17) is 14.9 Å². The number of hydrogen-bond donors (Lipinski definition) is 4. The van der Waals surface area contributed by atoms with Crippen molar-refractivity contribution in [2.75, 3.05) is 19.8 Å². The van der Waals surface area contributed by atoms with Crippen LogP contribution in [-0.2, 0) is 14.3 Å². The molecule has 4 N–H and O–H groups in total. The Labute approximate surface area is 117 Å². The molecule has 0 aromatic heterocycles. The van der Waals surface area contributed by atoms with Gasteiger partial charge in [-0.15, -0.1) is 0 Å². The summed E-state index contributed by atoms with van der Waals surface area (Å²) in [7, 11) is 0. The molecule has 0 unspecified atom stereocenters. The Morgan fingerprint density at radius 1 is 1.20 bits per heavy atom. The number of nitrogens with one attached hydrogen (secondary N) is 2. The highest BCUT2D eigenvalue weighted by Crippen LogP contribution is 1.94. The predicted molar refractivity (Wildman–Crippen MR) is 70.5 cm³/mol. The molecule has 0 fully saturated rings. The summed E-state index contributed by atoms with van der Waals surface area (Å²) in [6.07, 6.45) is -0.0724. The molecule has 0 aliphatic carbocycles. The normalized spacial score (nSPS) is 11.9. The summed E-state index contributed by atoms with van der Waals surface area (Å²) >= 11 is 0. The number of ether oxygens (including phenoxy) is 1. The van der Waals surface area contributed by atoms with Crippen molar-refractivity contribution < 1.29 is 29.3 Å². The van der Waals surface area contributed by atoms with Gasteiger partial charge in [0, 0.05) is 19.8 Å². The van der Waals surface area contributed by atoms with Gasteiger partial charge in [0.25, 0.3) is 0 Å². The van der Waals surface area contributed by atoms with Crippen molar-refractivity contribution in [3.05, 3.63) is 0 Å². The largest absolute Gasteiger partial charge is 0.481 e. The van der Waals surface area contributed by atoms with E-state index in [1.165, 1.54) is 0 Å². The van der Waals surface area contributed by atoms with Gasteiger partial charge in [-0.05, 0) is 12.3 Å². The number of carboxylic acids is 2. The first-order valence-electron chi connectivity index (χ1n) is 6.39. The predicted octanol–water partition coefficient (Wildman–Crippen LogP) is 0.276. The monoisotopic (exact) mass is 290 g/mol. The highest BCUT2D eigenvalue weighted by molar-refractivity contribution is 5.86. The molecule has 0 saturated heterocycles. The van der Waals surface area contributed by atoms with Gasteiger partial charge in [-0.25, -0.2) is 9.59 Å². The second-order valence-electron chi connectivity index (χ2n) is 4.71. The Bertz CT molecular complexity index is 332. The van der Waals surface area contributed by atoms with Crippen LogP contribution < -0.4 is 10.6 Å². The third-order valence-corrected chi connectivity index (χ3v) is 2.18. The van der Waals surface area contributed by atoms with Gasteiger partial charge in [0.2, 0.25) is 0 Å². The number of amides is 2. The lowest BCUT2D eigenvalue weighted by molar-refractivity contribution is -0.145. The molecule has 0 aromatic rings. The van der Waals surface area contributed by atoms with Crippen molar-refractivity contribution in [1.29, 1.82) is 0 Å². The number of carbonyl (C=O) groups excluding carboxylic acids is 1. The van der Waals surface area contributed by atoms with Crippen LogP contribution in [0.1, 0.15) is 26.7 Å². The highest BCUT2D eigenvalue weighted by Gasteiger charge is 2.22. The minimum absolute atomic E-state index is 0.323. The van der Waals surface area contributed by atoms with Gasteiger partial charge in [0.05, 0.1) is 6.42 Å². The number of rotatable bonds is 10. The van der Waals surface area contributed by atoms with Crippen molar-refractivity contribution in [1.82, 2.24) is 10.6 Å². The van der Waals surface area contributed by atoms with Crippen molar-refractivity contribution in [2.24, 2.45) is 5.92 Å². The van der Waals surface area contributed by atoms with E-state index < -0.39 is 30.4 Å². The number of urea groups is 1. The fourth-order valence-corrected chi connectivity index (χ4v) is 1.28. The molecule has 0 aromatic carbocycles. The quantitative estimate of drug-likeness (QED) is 0.428. The van der Waals surface area contributed by atoms with E-state index in [-0.39, 0.29) is 0 Å². The van der Waals surface area contributed by atoms with Crippen LogP contribution in [0.3, 0.4) is 0 Å². The van der Waals surface area contributed by atoms with Crippen LogP contribution >= 0.6 is 0 Å². The van der Waals surface area contributed by atoms with Gasteiger partial charge in [0.15, 0.2) is 0 Å². The molecule has 0 saturated carbocycles. The molecule has 116 valence electrons. The first kappa shape index (κ1) is 18.2. The van der Waals surface area contributed by atoms with Crippen molar-refractivity contribution in [3.8, 4) is 0 Å². The van der Waals surface area contributed by atoms with Crippen molar-refractivity contribution in [2.45, 2.75) is 32.7 Å². The fraction of sp³-hybridized carbons (Fsp3) is 0.750. The van der Waals surface area contributed by atoms with Crippen molar-refractivity contribution >= 4 is 18.0 Å². The molecule has 8 heteroatoms. The molecule has 0 rings (SSSR count). The second kappa shape index (κ2) is 10.0. The van der Waals surface area contributed by atoms with E-state index in [0.29, 0.717) is 32.1 Å². The summed E-state index contributed by atoms with van der Waals surface area (Å²) in [5.74, 6) is -2.23. The molecule has 0 bridgehead atoms. The average Bonchev–Trinajstić information content (AvgIpc) is 2.31. The van der Waals surface area contributed by atoms with Gasteiger partial charge < -0.3 is 25.6 Å². The maximum absolute atomic E-state index is 11.4. The van der Waals surface area contributed by atoms with Crippen LogP contribution in [0.2, 0.25) is 0 Å². The molecule has 0 spiro atoms. The summed E-state index contributed by atoms with van der Waals surface area (Å²) in [6.45, 7) is 5.52. The zero-order chi connectivity index (χ0) is 15.5. The number of carboxylic acid groups (broad SMARTS) is 2. The first-order valence-corrected chi connectivity index (χ1v) is 6.39. The zero-order valence-corrected chi connectivity index (χ0v) is 11.7. The molecule has 8 nitrogen and oxygen atoms in total. The third kappa shape index (κ3) is 10.1. The van der Waals surface area contributed by atoms with E-state index in [1.807, 2.05) is 13.8 Å². The van der Waals surface area contributed by atoms with E-state index in [1.54, 1.807) is 0 Å². The summed E-state index contributed by atoms with van der Waals surface area (Å²) in [5.41, 5.74) is 0. The minimum atomic E-state index is -1.44. The van der Waals surface area contributed by atoms with Crippen LogP contribution in [0, 0.1) is 5.92 Å². The zero-order valence-electron chi connectivity index (χ0n) is 11.7. The molecule has 2 amide bonds. The Morgan fingerprint density at radius 3 is 2.35 bits per heavy atom. The third-order valence-electron chi connectivity index (χ3n) is 2.18. The van der Waals surface area contributed by atoms with E-state index in [0.717, 1.165) is 0 Å². The number of carbonyl (C=O) groups is 3. The van der Waals surface area contributed by atoms with Gasteiger partial charge in [-0.1, -0.05) is 13.8 Å². The highest BCUT2D eigenvalue weighted by atomic mass is 16.5. The van der Waals surface area contributed by atoms with Crippen LogP contribution in [0.25, 0.3) is 0 Å². The summed E-state index contributed by atoms with van der Waals surface area (Å²) in [5, 5.41) is 21.8. The number of aliphatic carboxylic acids is 2. The van der Waals surface area contributed by atoms with Crippen molar-refractivity contribution in [3.63, 3.8) is 0 Å². The average molecular weight is 290 g/mol. The van der Waals surface area contributed by atoms with Gasteiger partial charge in [0.1, 0.15) is 6.04 Å². The van der Waals surface area contributed by atoms with E-state index in [9.17, 15) is 14.4 Å². The molecular formula is C12H22N2O6. The van der Waals surface area contributed by atoms with Crippen LogP contribution in [0.15, 0.2) is 0 Å². The molecular weight excluding hydrogens is 268 g/mol. The minimum Gasteiger partial charge on any atom is -0.481 e. The Balaban J connectivity index is 3.80. The smallest absolute Gasteiger partial charge is 0.326 e. The fourth-order valence-electron chi connectivity index (χ4n) is 1.28. The van der Waals surface area contributed by atoms with Crippen LogP contribution in [-0.4, -0.2) is 54.0 Å². The molecule has 20 heavy (non-hydrogen) atoms. The van der Waals surface area contributed by atoms with Gasteiger partial charge in [-0.3, -0.25) is 4.79 Å². The lowest BCUT2D eigenvalue weighted by atomic mass is 10.2. The maximum Gasteiger partial charge on any atom is 0.326 e. The molecule has 0 radical (unpaired) electrons. The lowest BCUT2D eigenvalue weighted by Gasteiger charge is -2.13. The van der Waals surface area contributed by atoms with E-state index >= 15 is 0 Å². The molecule has 1 atom stereocenters. The maximum atomic E-state index is 11.4. The summed E-state index contributed by atoms with van der Waals surface area (Å²) < 4.78 is 5.31. The summed E-state index contributed by atoms with van der Waals surface area (Å²) in [4.78, 5) is 32.5. The summed E-state index contributed by atoms with van der Waals surface area (Å²) in [6, 6.07) is -2.15. The number of hydrogen-bond acceptors (Lipinski definition) is 4. The topological polar surface area (TPSA) is 125 Å². The molecule has 0 heterocycles. The first-order chi connectivity index (χ1) is 9.32. The van der Waals surface area contributed by atoms with E-state index in [2.05, 4.69) is 10.6 Å². The Morgan fingerprint density at radius 2 is 1.85 bits per heavy atom. The lowest BCUT2D eigenvalue weighted by Crippen LogP contribution is -2.47. The SMILES string of the molecule is CC(C)COCCCNC(=O)N[C@@H](CC(=O)O)C(=O)O. The van der Waals surface area contributed by atoms with Gasteiger partial charge >= 0.3 is 18.0 Å². The second-order valence-corrected chi connectivity index (χ2v) is 4.71. The van der Waals surface area contributed by atoms with Crippen LogP contribution in [0.4, 0.5) is 4.79 Å². The Hall–Kier alpha value is -1.83. The molecule has 0 aliphatic rings. The standard InChI is InChI=1S/C12H22N2O6/c1-8(2)7-20-5-3-4-13-12(19)14-9(11(17)18)6-10(15)16/h8-9H,3-7H2,1-2H3,(H,15,16)(H,17,18)(H2,13,14,19)/t9-/m0/s1. The van der Waals surface area contributed by atoms with Gasteiger partial charge in [-0.2, -0.15) is 0 Å².